The highest BCUT2D eigenvalue weighted by Gasteiger charge is 2.39. The number of carbonyl (C=O) groups excluding carboxylic acids is 3. The number of nitro benzene ring substituents is 1. The van der Waals surface area contributed by atoms with E-state index >= 15 is 0 Å². The molecule has 2 aliphatic heterocycles. The van der Waals surface area contributed by atoms with Gasteiger partial charge in [-0.05, 0) is 31.0 Å². The Balaban J connectivity index is 1.58. The third-order valence-corrected chi connectivity index (χ3v) is 8.00. The molecule has 2 saturated heterocycles. The molecule has 2 heterocycles. The molecule has 4 unspecified atom stereocenters. The van der Waals surface area contributed by atoms with Crippen LogP contribution in [0.5, 0.6) is 0 Å². The van der Waals surface area contributed by atoms with Gasteiger partial charge in [-0.15, -0.1) is 11.8 Å². The first-order valence-electron chi connectivity index (χ1n) is 12.4. The largest absolute Gasteiger partial charge is 0.445 e. The lowest BCUT2D eigenvalue weighted by molar-refractivity contribution is -0.384. The van der Waals surface area contributed by atoms with Crippen molar-refractivity contribution in [3.8, 4) is 0 Å². The van der Waals surface area contributed by atoms with Gasteiger partial charge in [-0.2, -0.15) is 13.4 Å². The van der Waals surface area contributed by atoms with Gasteiger partial charge >= 0.3 is 12.1 Å². The first-order valence-corrected chi connectivity index (χ1v) is 15.3. The molecule has 1 aromatic rings. The van der Waals surface area contributed by atoms with Crippen LogP contribution in [-0.4, -0.2) is 103 Å². The summed E-state index contributed by atoms with van der Waals surface area (Å²) < 4.78 is 39.1. The molecule has 3 rings (SSSR count). The van der Waals surface area contributed by atoms with E-state index in [1.54, 1.807) is 11.9 Å². The summed E-state index contributed by atoms with van der Waals surface area (Å²) in [6.07, 6.45) is -0.976. The van der Waals surface area contributed by atoms with Crippen LogP contribution in [0.4, 0.5) is 10.5 Å². The average Bonchev–Trinajstić information content (AvgIpc) is 3.27. The molecule has 15 nitrogen and oxygen atoms in total. The Kier molecular flexibility index (Phi) is 11.1. The number of carbonyl (C=O) groups is 3. The lowest BCUT2D eigenvalue weighted by Gasteiger charge is -2.35. The molecule has 0 aromatic heterocycles. The van der Waals surface area contributed by atoms with Gasteiger partial charge in [-0.25, -0.2) is 4.79 Å². The molecule has 0 aliphatic carbocycles. The molecular weight excluding hydrogens is 570 g/mol. The van der Waals surface area contributed by atoms with Crippen molar-refractivity contribution >= 4 is 45.5 Å². The summed E-state index contributed by atoms with van der Waals surface area (Å²) in [5.41, 5.74) is 3.22. The molecular formula is C23H33N5O10S2. The van der Waals surface area contributed by atoms with Crippen molar-refractivity contribution in [2.75, 3.05) is 38.2 Å². The van der Waals surface area contributed by atoms with Gasteiger partial charge in [0, 0.05) is 50.5 Å². The molecule has 1 aromatic carbocycles. The fourth-order valence-corrected chi connectivity index (χ4v) is 5.85. The normalized spacial score (nSPS) is 22.4. The Morgan fingerprint density at radius 1 is 1.27 bits per heavy atom. The number of benzene rings is 1. The minimum absolute atomic E-state index is 0.0250. The number of amides is 2. The fraction of sp³-hybridized carbons (Fsp3) is 0.609. The molecule has 0 bridgehead atoms. The number of thioether (sulfide) groups is 1. The maximum Gasteiger partial charge on any atom is 0.410 e. The number of nitrogens with zero attached hydrogens (tertiary/aromatic N) is 3. The van der Waals surface area contributed by atoms with Crippen molar-refractivity contribution in [3.05, 3.63) is 39.9 Å². The quantitative estimate of drug-likeness (QED) is 0.155. The molecule has 4 atom stereocenters. The Bertz CT molecular complexity index is 1180. The van der Waals surface area contributed by atoms with Gasteiger partial charge in [0.25, 0.3) is 15.8 Å². The SMILES string of the molecule is CC(=O)OC1CNCCN1NC(=O)C(C)SCC1CC(OS(C)(=O)=O)CN1C(=O)OCc1ccc([N+](=O)[O-])cc1. The highest BCUT2D eigenvalue weighted by atomic mass is 32.2. The third-order valence-electron chi connectivity index (χ3n) is 6.09. The number of hydrogen-bond acceptors (Lipinski definition) is 13. The summed E-state index contributed by atoms with van der Waals surface area (Å²) in [7, 11) is -3.77. The van der Waals surface area contributed by atoms with Crippen molar-refractivity contribution in [2.24, 2.45) is 0 Å². The van der Waals surface area contributed by atoms with Gasteiger partial charge in [-0.1, -0.05) is 0 Å². The highest BCUT2D eigenvalue weighted by Crippen LogP contribution is 2.27. The second kappa shape index (κ2) is 14.1. The second-order valence-corrected chi connectivity index (χ2v) is 12.3. The van der Waals surface area contributed by atoms with Crippen molar-refractivity contribution in [1.29, 1.82) is 0 Å². The van der Waals surface area contributed by atoms with Gasteiger partial charge in [0.05, 0.1) is 29.1 Å². The molecule has 222 valence electrons. The lowest BCUT2D eigenvalue weighted by Crippen LogP contribution is -2.60. The Hall–Kier alpha value is -2.99. The molecule has 40 heavy (non-hydrogen) atoms. The van der Waals surface area contributed by atoms with Crippen molar-refractivity contribution in [1.82, 2.24) is 20.7 Å². The van der Waals surface area contributed by atoms with Crippen molar-refractivity contribution in [3.63, 3.8) is 0 Å². The number of ether oxygens (including phenoxy) is 2. The van der Waals surface area contributed by atoms with Crippen LogP contribution >= 0.6 is 11.8 Å². The number of esters is 1. The van der Waals surface area contributed by atoms with Crippen LogP contribution in [0.25, 0.3) is 0 Å². The van der Waals surface area contributed by atoms with Gasteiger partial charge < -0.3 is 19.7 Å². The standard InChI is InChI=1S/C23H33N5O10S2/c1-15(22(30)25-27-9-8-24-11-21(27)37-16(2)29)39-14-19-10-20(38-40(3,34)35)12-26(19)23(31)36-13-17-4-6-18(7-5-17)28(32)33/h4-7,15,19-21,24H,8-14H2,1-3H3,(H,25,30). The summed E-state index contributed by atoms with van der Waals surface area (Å²) in [5, 5.41) is 14.9. The molecule has 0 saturated carbocycles. The van der Waals surface area contributed by atoms with Crippen LogP contribution < -0.4 is 10.7 Å². The smallest absolute Gasteiger partial charge is 0.410 e. The number of nitro groups is 1. The first-order chi connectivity index (χ1) is 18.8. The van der Waals surface area contributed by atoms with Crippen LogP contribution in [-0.2, 0) is 40.0 Å². The summed E-state index contributed by atoms with van der Waals surface area (Å²) in [5.74, 6) is -0.499. The second-order valence-electron chi connectivity index (χ2n) is 9.36. The number of non-ortho nitro benzene ring substituents is 1. The van der Waals surface area contributed by atoms with Gasteiger partial charge in [0.1, 0.15) is 6.61 Å². The summed E-state index contributed by atoms with van der Waals surface area (Å²) in [4.78, 5) is 48.8. The average molecular weight is 604 g/mol. The maximum absolute atomic E-state index is 12.9. The molecule has 2 aliphatic rings. The minimum Gasteiger partial charge on any atom is -0.445 e. The van der Waals surface area contributed by atoms with E-state index in [4.69, 9.17) is 13.7 Å². The van der Waals surface area contributed by atoms with Gasteiger partial charge in [0.15, 0.2) is 6.23 Å². The van der Waals surface area contributed by atoms with E-state index in [0.29, 0.717) is 31.0 Å². The number of hydrazine groups is 1. The van der Waals surface area contributed by atoms with Crippen LogP contribution in [0.3, 0.4) is 0 Å². The Morgan fingerprint density at radius 3 is 2.60 bits per heavy atom. The van der Waals surface area contributed by atoms with E-state index in [9.17, 15) is 32.9 Å². The first kappa shape index (κ1) is 31.5. The predicted molar refractivity (Wildman–Crippen MR) is 143 cm³/mol. The van der Waals surface area contributed by atoms with E-state index in [-0.39, 0.29) is 31.2 Å². The maximum atomic E-state index is 12.9. The molecule has 2 amide bonds. The number of rotatable bonds is 11. The number of nitrogens with one attached hydrogen (secondary N) is 2. The van der Waals surface area contributed by atoms with Gasteiger partial charge in [-0.3, -0.25) is 29.3 Å². The minimum atomic E-state index is -3.77. The van der Waals surface area contributed by atoms with E-state index in [1.807, 2.05) is 0 Å². The molecule has 17 heteroatoms. The van der Waals surface area contributed by atoms with E-state index in [0.717, 1.165) is 6.26 Å². The van der Waals surface area contributed by atoms with Crippen LogP contribution in [0.2, 0.25) is 0 Å². The lowest BCUT2D eigenvalue weighted by atomic mass is 10.2. The molecule has 0 spiro atoms. The number of piperazine rings is 1. The number of likely N-dealkylation sites (tertiary alicyclic amines) is 1. The summed E-state index contributed by atoms with van der Waals surface area (Å²) in [6.45, 7) is 4.21. The van der Waals surface area contributed by atoms with E-state index < -0.39 is 50.7 Å². The predicted octanol–water partition coefficient (Wildman–Crippen LogP) is 0.598. The monoisotopic (exact) mass is 603 g/mol. The molecule has 2 fully saturated rings. The zero-order valence-electron chi connectivity index (χ0n) is 22.3. The molecule has 0 radical (unpaired) electrons. The zero-order chi connectivity index (χ0) is 29.4. The van der Waals surface area contributed by atoms with Crippen LogP contribution in [0.1, 0.15) is 25.8 Å². The van der Waals surface area contributed by atoms with E-state index in [1.165, 1.54) is 47.9 Å². The molecule has 2 N–H and O–H groups in total. The van der Waals surface area contributed by atoms with Crippen LogP contribution in [0, 0.1) is 10.1 Å². The summed E-state index contributed by atoms with van der Waals surface area (Å²) >= 11 is 1.27. The third kappa shape index (κ3) is 9.58. The van der Waals surface area contributed by atoms with E-state index in [2.05, 4.69) is 10.7 Å². The topological polar surface area (TPSA) is 187 Å². The summed E-state index contributed by atoms with van der Waals surface area (Å²) in [6, 6.07) is 5.07. The van der Waals surface area contributed by atoms with Gasteiger partial charge in [0.2, 0.25) is 5.91 Å². The highest BCUT2D eigenvalue weighted by molar-refractivity contribution is 8.00. The van der Waals surface area contributed by atoms with Crippen molar-refractivity contribution < 1.29 is 41.4 Å². The van der Waals surface area contributed by atoms with Crippen molar-refractivity contribution in [2.45, 2.75) is 50.5 Å². The Labute approximate surface area is 236 Å². The van der Waals surface area contributed by atoms with Crippen LogP contribution in [0.15, 0.2) is 24.3 Å². The number of hydrogen-bond donors (Lipinski definition) is 2. The zero-order valence-corrected chi connectivity index (χ0v) is 23.9. The fourth-order valence-electron chi connectivity index (χ4n) is 4.18. The Morgan fingerprint density at radius 2 is 1.98 bits per heavy atom.